The number of morpholine rings is 1. The molecule has 0 bridgehead atoms. The SMILES string of the molecule is CC(C)C1(O)CN(C(=O)C2CNCCO2)C1. The normalized spacial score (nSPS) is 29.0. The van der Waals surface area contributed by atoms with Gasteiger partial charge in [0, 0.05) is 13.1 Å². The number of rotatable bonds is 2. The van der Waals surface area contributed by atoms with Crippen molar-refractivity contribution in [3.63, 3.8) is 0 Å². The average Bonchev–Trinajstić information content (AvgIpc) is 2.25. The minimum atomic E-state index is -0.697. The standard InChI is InChI=1S/C11H20N2O3/c1-8(2)11(15)6-13(7-11)10(14)9-5-12-3-4-16-9/h8-9,12,15H,3-7H2,1-2H3. The van der Waals surface area contributed by atoms with Crippen LogP contribution in [0.5, 0.6) is 0 Å². The maximum Gasteiger partial charge on any atom is 0.253 e. The van der Waals surface area contributed by atoms with Gasteiger partial charge in [-0.3, -0.25) is 4.79 Å². The fraction of sp³-hybridized carbons (Fsp3) is 0.909. The van der Waals surface area contributed by atoms with Crippen LogP contribution in [0.2, 0.25) is 0 Å². The number of carbonyl (C=O) groups is 1. The molecule has 16 heavy (non-hydrogen) atoms. The van der Waals surface area contributed by atoms with Gasteiger partial charge in [-0.25, -0.2) is 0 Å². The molecule has 2 rings (SSSR count). The van der Waals surface area contributed by atoms with E-state index >= 15 is 0 Å². The van der Waals surface area contributed by atoms with Gasteiger partial charge in [-0.15, -0.1) is 0 Å². The Morgan fingerprint density at radius 1 is 1.56 bits per heavy atom. The molecular weight excluding hydrogens is 208 g/mol. The molecule has 0 aromatic carbocycles. The smallest absolute Gasteiger partial charge is 0.253 e. The van der Waals surface area contributed by atoms with Crippen LogP contribution in [0.3, 0.4) is 0 Å². The minimum Gasteiger partial charge on any atom is -0.386 e. The fourth-order valence-electron chi connectivity index (χ4n) is 2.06. The molecule has 1 unspecified atom stereocenters. The number of carbonyl (C=O) groups excluding carboxylic acids is 1. The van der Waals surface area contributed by atoms with E-state index in [1.54, 1.807) is 4.90 Å². The summed E-state index contributed by atoms with van der Waals surface area (Å²) < 4.78 is 5.39. The Kier molecular flexibility index (Phi) is 3.19. The maximum absolute atomic E-state index is 11.9. The van der Waals surface area contributed by atoms with Gasteiger partial charge in [0.1, 0.15) is 11.7 Å². The summed E-state index contributed by atoms with van der Waals surface area (Å²) in [5.74, 6) is 0.180. The number of aliphatic hydroxyl groups is 1. The Labute approximate surface area is 95.8 Å². The first-order valence-corrected chi connectivity index (χ1v) is 5.86. The Morgan fingerprint density at radius 3 is 2.75 bits per heavy atom. The van der Waals surface area contributed by atoms with Crippen LogP contribution in [0, 0.1) is 5.92 Å². The fourth-order valence-corrected chi connectivity index (χ4v) is 2.06. The molecule has 0 aliphatic carbocycles. The molecule has 0 saturated carbocycles. The summed E-state index contributed by atoms with van der Waals surface area (Å²) >= 11 is 0. The van der Waals surface area contributed by atoms with Gasteiger partial charge < -0.3 is 20.1 Å². The molecule has 0 spiro atoms. The van der Waals surface area contributed by atoms with Gasteiger partial charge in [-0.05, 0) is 5.92 Å². The highest BCUT2D eigenvalue weighted by molar-refractivity contribution is 5.82. The third-order valence-corrected chi connectivity index (χ3v) is 3.52. The van der Waals surface area contributed by atoms with Crippen LogP contribution in [-0.4, -0.2) is 60.4 Å². The van der Waals surface area contributed by atoms with E-state index in [4.69, 9.17) is 4.74 Å². The zero-order chi connectivity index (χ0) is 11.8. The molecule has 1 amide bonds. The van der Waals surface area contributed by atoms with Gasteiger partial charge in [-0.1, -0.05) is 13.8 Å². The monoisotopic (exact) mass is 228 g/mol. The van der Waals surface area contributed by atoms with Crippen molar-refractivity contribution >= 4 is 5.91 Å². The minimum absolute atomic E-state index is 0.00229. The van der Waals surface area contributed by atoms with Crippen LogP contribution in [-0.2, 0) is 9.53 Å². The summed E-state index contributed by atoms with van der Waals surface area (Å²) in [6.07, 6.45) is -0.370. The average molecular weight is 228 g/mol. The van der Waals surface area contributed by atoms with E-state index in [-0.39, 0.29) is 17.9 Å². The second-order valence-electron chi connectivity index (χ2n) is 5.02. The number of likely N-dealkylation sites (tertiary alicyclic amines) is 1. The van der Waals surface area contributed by atoms with Crippen LogP contribution < -0.4 is 5.32 Å². The van der Waals surface area contributed by atoms with E-state index in [9.17, 15) is 9.90 Å². The van der Waals surface area contributed by atoms with Gasteiger partial charge in [0.05, 0.1) is 19.7 Å². The molecule has 2 saturated heterocycles. The zero-order valence-electron chi connectivity index (χ0n) is 9.90. The van der Waals surface area contributed by atoms with Crippen LogP contribution in [0.15, 0.2) is 0 Å². The number of hydrogen-bond donors (Lipinski definition) is 2. The van der Waals surface area contributed by atoms with Crippen molar-refractivity contribution in [2.75, 3.05) is 32.8 Å². The van der Waals surface area contributed by atoms with Crippen molar-refractivity contribution in [1.82, 2.24) is 10.2 Å². The first-order valence-electron chi connectivity index (χ1n) is 5.86. The molecular formula is C11H20N2O3. The summed E-state index contributed by atoms with van der Waals surface area (Å²) in [5.41, 5.74) is -0.697. The number of β-amino-alcohol motifs (C(OH)–C–C–N with tert-alkyl or cyclic N) is 1. The quantitative estimate of drug-likeness (QED) is 0.650. The predicted molar refractivity (Wildman–Crippen MR) is 59.0 cm³/mol. The molecule has 0 radical (unpaired) electrons. The van der Waals surface area contributed by atoms with E-state index in [0.717, 1.165) is 6.54 Å². The molecule has 5 nitrogen and oxygen atoms in total. The molecule has 2 aliphatic heterocycles. The molecule has 1 atom stereocenters. The summed E-state index contributed by atoms with van der Waals surface area (Å²) in [6.45, 7) is 6.78. The third-order valence-electron chi connectivity index (χ3n) is 3.52. The second kappa shape index (κ2) is 4.31. The molecule has 2 fully saturated rings. The number of hydrogen-bond acceptors (Lipinski definition) is 4. The zero-order valence-corrected chi connectivity index (χ0v) is 9.90. The van der Waals surface area contributed by atoms with Gasteiger partial charge in [0.15, 0.2) is 0 Å². The molecule has 2 heterocycles. The molecule has 2 N–H and O–H groups in total. The lowest BCUT2D eigenvalue weighted by Crippen LogP contribution is -2.68. The van der Waals surface area contributed by atoms with E-state index in [0.29, 0.717) is 26.2 Å². The van der Waals surface area contributed by atoms with Crippen LogP contribution in [0.4, 0.5) is 0 Å². The van der Waals surface area contributed by atoms with Crippen molar-refractivity contribution in [3.05, 3.63) is 0 Å². The van der Waals surface area contributed by atoms with Gasteiger partial charge in [-0.2, -0.15) is 0 Å². The Hall–Kier alpha value is -0.650. The third kappa shape index (κ3) is 2.07. The van der Waals surface area contributed by atoms with Crippen molar-refractivity contribution in [3.8, 4) is 0 Å². The summed E-state index contributed by atoms with van der Waals surface area (Å²) in [7, 11) is 0. The van der Waals surface area contributed by atoms with E-state index < -0.39 is 5.60 Å². The number of nitrogens with one attached hydrogen (secondary N) is 1. The van der Waals surface area contributed by atoms with Crippen molar-refractivity contribution in [1.29, 1.82) is 0 Å². The van der Waals surface area contributed by atoms with E-state index in [1.165, 1.54) is 0 Å². The second-order valence-corrected chi connectivity index (χ2v) is 5.02. The highest BCUT2D eigenvalue weighted by atomic mass is 16.5. The van der Waals surface area contributed by atoms with Crippen LogP contribution >= 0.6 is 0 Å². The Balaban J connectivity index is 1.84. The summed E-state index contributed by atoms with van der Waals surface area (Å²) in [5, 5.41) is 13.2. The molecule has 2 aliphatic rings. The highest BCUT2D eigenvalue weighted by Crippen LogP contribution is 2.29. The molecule has 92 valence electrons. The number of ether oxygens (including phenoxy) is 1. The van der Waals surface area contributed by atoms with Crippen molar-refractivity contribution in [2.45, 2.75) is 25.6 Å². The predicted octanol–water partition coefficient (Wildman–Crippen LogP) is -0.796. The number of amides is 1. The topological polar surface area (TPSA) is 61.8 Å². The van der Waals surface area contributed by atoms with Crippen LogP contribution in [0.25, 0.3) is 0 Å². The van der Waals surface area contributed by atoms with Crippen molar-refractivity contribution < 1.29 is 14.6 Å². The molecule has 5 heteroatoms. The van der Waals surface area contributed by atoms with E-state index in [2.05, 4.69) is 5.32 Å². The molecule has 0 aromatic rings. The van der Waals surface area contributed by atoms with Crippen LogP contribution in [0.1, 0.15) is 13.8 Å². The van der Waals surface area contributed by atoms with Gasteiger partial charge in [0.25, 0.3) is 5.91 Å². The largest absolute Gasteiger partial charge is 0.386 e. The lowest BCUT2D eigenvalue weighted by Gasteiger charge is -2.50. The Morgan fingerprint density at radius 2 is 2.25 bits per heavy atom. The first-order chi connectivity index (χ1) is 7.53. The summed E-state index contributed by atoms with van der Waals surface area (Å²) in [6, 6.07) is 0. The first kappa shape index (κ1) is 11.8. The van der Waals surface area contributed by atoms with E-state index in [1.807, 2.05) is 13.8 Å². The van der Waals surface area contributed by atoms with Gasteiger partial charge >= 0.3 is 0 Å². The lowest BCUT2D eigenvalue weighted by molar-refractivity contribution is -0.175. The molecule has 0 aromatic heterocycles. The lowest BCUT2D eigenvalue weighted by atomic mass is 9.82. The Bertz CT molecular complexity index is 268. The summed E-state index contributed by atoms with van der Waals surface area (Å²) in [4.78, 5) is 13.6. The van der Waals surface area contributed by atoms with Crippen molar-refractivity contribution in [2.24, 2.45) is 5.92 Å². The maximum atomic E-state index is 11.9. The van der Waals surface area contributed by atoms with Gasteiger partial charge in [0.2, 0.25) is 0 Å². The highest BCUT2D eigenvalue weighted by Gasteiger charge is 2.47. The number of nitrogens with zero attached hydrogens (tertiary/aromatic N) is 1.